The second kappa shape index (κ2) is 6.50. The van der Waals surface area contributed by atoms with Crippen LogP contribution in [0.5, 0.6) is 0 Å². The van der Waals surface area contributed by atoms with Gasteiger partial charge in [0.05, 0.1) is 6.61 Å². The Morgan fingerprint density at radius 1 is 1.15 bits per heavy atom. The third-order valence-electron chi connectivity index (χ3n) is 4.23. The van der Waals surface area contributed by atoms with E-state index in [0.29, 0.717) is 18.6 Å². The van der Waals surface area contributed by atoms with Crippen LogP contribution in [0.25, 0.3) is 0 Å². The van der Waals surface area contributed by atoms with Crippen LogP contribution in [0.3, 0.4) is 0 Å². The highest BCUT2D eigenvalue weighted by Crippen LogP contribution is 2.26. The van der Waals surface area contributed by atoms with Gasteiger partial charge in [-0.05, 0) is 25.7 Å². The molecule has 2 aliphatic rings. The summed E-state index contributed by atoms with van der Waals surface area (Å²) in [7, 11) is 0. The molecular weight excluding hydrogens is 252 g/mol. The fraction of sp³-hybridized carbons (Fsp3) is 0.733. The van der Waals surface area contributed by atoms with Gasteiger partial charge in [0.1, 0.15) is 0 Å². The summed E-state index contributed by atoms with van der Waals surface area (Å²) in [4.78, 5) is 11.2. The molecule has 0 saturated heterocycles. The first-order valence-corrected chi connectivity index (χ1v) is 7.78. The van der Waals surface area contributed by atoms with E-state index in [0.717, 1.165) is 18.1 Å². The molecule has 2 N–H and O–H groups in total. The predicted octanol–water partition coefficient (Wildman–Crippen LogP) is 1.47. The molecule has 0 aromatic carbocycles. The lowest BCUT2D eigenvalue weighted by Crippen LogP contribution is -2.37. The fourth-order valence-electron chi connectivity index (χ4n) is 2.91. The molecule has 5 nitrogen and oxygen atoms in total. The summed E-state index contributed by atoms with van der Waals surface area (Å²) in [6.45, 7) is 1.64. The number of nitrogens with zero attached hydrogens (tertiary/aromatic N) is 3. The van der Waals surface area contributed by atoms with E-state index in [2.05, 4.69) is 20.2 Å². The van der Waals surface area contributed by atoms with Crippen molar-refractivity contribution in [1.29, 1.82) is 0 Å². The van der Waals surface area contributed by atoms with Gasteiger partial charge in [0.15, 0.2) is 0 Å². The van der Waals surface area contributed by atoms with Crippen LogP contribution in [0, 0.1) is 0 Å². The lowest BCUT2D eigenvalue weighted by Gasteiger charge is -2.28. The van der Waals surface area contributed by atoms with Crippen molar-refractivity contribution in [3.8, 4) is 0 Å². The molecule has 2 saturated carbocycles. The average Bonchev–Trinajstić information content (AvgIpc) is 3.16. The van der Waals surface area contributed by atoms with Crippen LogP contribution in [-0.2, 0) is 6.54 Å². The van der Waals surface area contributed by atoms with Gasteiger partial charge in [0.2, 0.25) is 5.95 Å². The van der Waals surface area contributed by atoms with Gasteiger partial charge < -0.3 is 15.3 Å². The molecule has 0 atom stereocenters. The van der Waals surface area contributed by atoms with Crippen molar-refractivity contribution in [2.24, 2.45) is 0 Å². The third kappa shape index (κ3) is 3.46. The van der Waals surface area contributed by atoms with Crippen LogP contribution in [0.1, 0.15) is 44.1 Å². The first-order chi connectivity index (χ1) is 9.86. The molecule has 2 aliphatic carbocycles. The highest BCUT2D eigenvalue weighted by Gasteiger charge is 2.24. The largest absolute Gasteiger partial charge is 0.395 e. The molecule has 1 heterocycles. The Hall–Kier alpha value is -1.20. The van der Waals surface area contributed by atoms with Gasteiger partial charge in [-0.3, -0.25) is 0 Å². The highest BCUT2D eigenvalue weighted by molar-refractivity contribution is 5.32. The molecule has 5 heteroatoms. The van der Waals surface area contributed by atoms with Crippen LogP contribution in [0.15, 0.2) is 12.4 Å². The average molecular weight is 276 g/mol. The summed E-state index contributed by atoms with van der Waals surface area (Å²) in [5.74, 6) is 0.765. The van der Waals surface area contributed by atoms with E-state index in [1.165, 1.54) is 38.5 Å². The summed E-state index contributed by atoms with van der Waals surface area (Å²) in [6, 6.07) is 1.21. The molecule has 1 aromatic rings. The maximum absolute atomic E-state index is 9.26. The Labute approximate surface area is 120 Å². The highest BCUT2D eigenvalue weighted by atomic mass is 16.3. The summed E-state index contributed by atoms with van der Waals surface area (Å²) in [5.41, 5.74) is 1.14. The Bertz CT molecular complexity index is 412. The lowest BCUT2D eigenvalue weighted by molar-refractivity contribution is 0.296. The fourth-order valence-corrected chi connectivity index (χ4v) is 2.91. The van der Waals surface area contributed by atoms with Gasteiger partial charge >= 0.3 is 0 Å². The normalized spacial score (nSPS) is 19.4. The monoisotopic (exact) mass is 276 g/mol. The molecule has 0 amide bonds. The van der Waals surface area contributed by atoms with E-state index in [1.54, 1.807) is 0 Å². The lowest BCUT2D eigenvalue weighted by atomic mass is 10.2. The van der Waals surface area contributed by atoms with Crippen LogP contribution in [-0.4, -0.2) is 40.3 Å². The Morgan fingerprint density at radius 2 is 1.85 bits per heavy atom. The zero-order valence-electron chi connectivity index (χ0n) is 12.0. The molecule has 3 rings (SSSR count). The second-order valence-electron chi connectivity index (χ2n) is 5.90. The SMILES string of the molecule is OCCN(c1ncc(CNC2CC2)cn1)C1CCCC1. The smallest absolute Gasteiger partial charge is 0.225 e. The van der Waals surface area contributed by atoms with Crippen LogP contribution >= 0.6 is 0 Å². The van der Waals surface area contributed by atoms with Gasteiger partial charge in [-0.15, -0.1) is 0 Å². The Balaban J connectivity index is 1.63. The van der Waals surface area contributed by atoms with Gasteiger partial charge in [0, 0.05) is 43.1 Å². The van der Waals surface area contributed by atoms with Crippen molar-refractivity contribution >= 4 is 5.95 Å². The van der Waals surface area contributed by atoms with E-state index >= 15 is 0 Å². The Kier molecular flexibility index (Phi) is 4.47. The standard InChI is InChI=1S/C15H24N4O/c20-8-7-19(14-3-1-2-4-14)15-17-10-12(11-18-15)9-16-13-5-6-13/h10-11,13-14,16,20H,1-9H2. The van der Waals surface area contributed by atoms with Crippen molar-refractivity contribution in [1.82, 2.24) is 15.3 Å². The molecule has 0 aliphatic heterocycles. The van der Waals surface area contributed by atoms with E-state index in [9.17, 15) is 5.11 Å². The molecule has 0 radical (unpaired) electrons. The number of nitrogens with one attached hydrogen (secondary N) is 1. The number of aromatic nitrogens is 2. The number of aliphatic hydroxyl groups is 1. The molecule has 0 bridgehead atoms. The number of hydrogen-bond acceptors (Lipinski definition) is 5. The van der Waals surface area contributed by atoms with Gasteiger partial charge in [0.25, 0.3) is 0 Å². The summed E-state index contributed by atoms with van der Waals surface area (Å²) in [6.07, 6.45) is 11.3. The van der Waals surface area contributed by atoms with E-state index in [-0.39, 0.29) is 6.61 Å². The van der Waals surface area contributed by atoms with E-state index in [4.69, 9.17) is 0 Å². The minimum atomic E-state index is 0.158. The van der Waals surface area contributed by atoms with Crippen molar-refractivity contribution in [3.63, 3.8) is 0 Å². The maximum atomic E-state index is 9.26. The van der Waals surface area contributed by atoms with Gasteiger partial charge in [-0.25, -0.2) is 9.97 Å². The van der Waals surface area contributed by atoms with Gasteiger partial charge in [-0.2, -0.15) is 0 Å². The van der Waals surface area contributed by atoms with Crippen LogP contribution < -0.4 is 10.2 Å². The van der Waals surface area contributed by atoms with Crippen LogP contribution in [0.2, 0.25) is 0 Å². The topological polar surface area (TPSA) is 61.3 Å². The zero-order valence-corrected chi connectivity index (χ0v) is 12.0. The molecular formula is C15H24N4O. The Morgan fingerprint density at radius 3 is 2.45 bits per heavy atom. The summed E-state index contributed by atoms with van der Waals surface area (Å²) >= 11 is 0. The van der Waals surface area contributed by atoms with Crippen molar-refractivity contribution < 1.29 is 5.11 Å². The molecule has 0 unspecified atom stereocenters. The van der Waals surface area contributed by atoms with Crippen molar-refractivity contribution in [2.75, 3.05) is 18.1 Å². The van der Waals surface area contributed by atoms with Crippen LogP contribution in [0.4, 0.5) is 5.95 Å². The molecule has 20 heavy (non-hydrogen) atoms. The number of aliphatic hydroxyl groups excluding tert-OH is 1. The number of anilines is 1. The predicted molar refractivity (Wildman–Crippen MR) is 78.6 cm³/mol. The molecule has 0 spiro atoms. The van der Waals surface area contributed by atoms with Gasteiger partial charge in [-0.1, -0.05) is 12.8 Å². The molecule has 1 aromatic heterocycles. The number of hydrogen-bond donors (Lipinski definition) is 2. The maximum Gasteiger partial charge on any atom is 0.225 e. The van der Waals surface area contributed by atoms with E-state index < -0.39 is 0 Å². The second-order valence-corrected chi connectivity index (χ2v) is 5.90. The molecule has 2 fully saturated rings. The van der Waals surface area contributed by atoms with Crippen molar-refractivity contribution in [3.05, 3.63) is 18.0 Å². The number of rotatable bonds is 7. The quantitative estimate of drug-likeness (QED) is 0.789. The summed E-state index contributed by atoms with van der Waals surface area (Å²) in [5, 5.41) is 12.7. The first-order valence-electron chi connectivity index (χ1n) is 7.78. The molecule has 110 valence electrons. The summed E-state index contributed by atoms with van der Waals surface area (Å²) < 4.78 is 0. The zero-order chi connectivity index (χ0) is 13.8. The first kappa shape index (κ1) is 13.8. The minimum Gasteiger partial charge on any atom is -0.395 e. The minimum absolute atomic E-state index is 0.158. The van der Waals surface area contributed by atoms with E-state index in [1.807, 2.05) is 12.4 Å². The van der Waals surface area contributed by atoms with Crippen molar-refractivity contribution in [2.45, 2.75) is 57.2 Å². The third-order valence-corrected chi connectivity index (χ3v) is 4.23.